The van der Waals surface area contributed by atoms with Crippen LogP contribution in [0, 0.1) is 11.6 Å². The summed E-state index contributed by atoms with van der Waals surface area (Å²) in [7, 11) is -3.98. The summed E-state index contributed by atoms with van der Waals surface area (Å²) in [6.45, 7) is -0.646. The van der Waals surface area contributed by atoms with Gasteiger partial charge in [0, 0.05) is 6.04 Å². The molecule has 1 amide bonds. The molecule has 1 fully saturated rings. The van der Waals surface area contributed by atoms with E-state index in [0.717, 1.165) is 37.3 Å². The van der Waals surface area contributed by atoms with Gasteiger partial charge in [0.2, 0.25) is 15.9 Å². The van der Waals surface area contributed by atoms with Gasteiger partial charge in [0.05, 0.1) is 6.26 Å². The number of nitrogens with one attached hydrogen (secondary N) is 1. The van der Waals surface area contributed by atoms with Crippen LogP contribution in [0.1, 0.15) is 12.8 Å². The normalized spacial score (nSPS) is 14.9. The highest BCUT2D eigenvalue weighted by Crippen LogP contribution is 2.25. The lowest BCUT2D eigenvalue weighted by molar-refractivity contribution is -0.119. The first-order chi connectivity index (χ1) is 9.29. The molecule has 0 heterocycles. The number of halogens is 2. The molecule has 0 aliphatic heterocycles. The maximum absolute atomic E-state index is 13.7. The highest BCUT2D eigenvalue weighted by atomic mass is 32.2. The zero-order chi connectivity index (χ0) is 14.9. The van der Waals surface area contributed by atoms with Gasteiger partial charge < -0.3 is 5.32 Å². The fourth-order valence-corrected chi connectivity index (χ4v) is 2.58. The van der Waals surface area contributed by atoms with Crippen molar-refractivity contribution in [2.75, 3.05) is 17.1 Å². The van der Waals surface area contributed by atoms with E-state index in [1.54, 1.807) is 0 Å². The predicted molar refractivity (Wildman–Crippen MR) is 69.7 cm³/mol. The fraction of sp³-hybridized carbons (Fsp3) is 0.417. The maximum atomic E-state index is 13.7. The first kappa shape index (κ1) is 14.7. The maximum Gasteiger partial charge on any atom is 0.241 e. The lowest BCUT2D eigenvalue weighted by Gasteiger charge is -2.22. The lowest BCUT2D eigenvalue weighted by Crippen LogP contribution is -2.41. The number of rotatable bonds is 5. The highest BCUT2D eigenvalue weighted by Gasteiger charge is 2.29. The van der Waals surface area contributed by atoms with Crippen molar-refractivity contribution in [3.05, 3.63) is 29.8 Å². The molecule has 1 saturated carbocycles. The third-order valence-electron chi connectivity index (χ3n) is 2.82. The van der Waals surface area contributed by atoms with Crippen LogP contribution in [0.5, 0.6) is 0 Å². The Labute approximate surface area is 115 Å². The van der Waals surface area contributed by atoms with Gasteiger partial charge in [-0.3, -0.25) is 9.10 Å². The van der Waals surface area contributed by atoms with E-state index >= 15 is 0 Å². The minimum absolute atomic E-state index is 0.0365. The average molecular weight is 304 g/mol. The Kier molecular flexibility index (Phi) is 3.94. The Hall–Kier alpha value is -1.70. The molecule has 1 N–H and O–H groups in total. The Morgan fingerprint density at radius 2 is 1.90 bits per heavy atom. The molecule has 1 aromatic carbocycles. The van der Waals surface area contributed by atoms with Gasteiger partial charge >= 0.3 is 0 Å². The number of sulfonamides is 1. The average Bonchev–Trinajstić information content (AvgIpc) is 3.10. The number of nitrogens with zero attached hydrogens (tertiary/aromatic N) is 1. The molecule has 1 aliphatic rings. The minimum Gasteiger partial charge on any atom is -0.352 e. The second-order valence-corrected chi connectivity index (χ2v) is 6.59. The van der Waals surface area contributed by atoms with Gasteiger partial charge in [0.25, 0.3) is 0 Å². The Morgan fingerprint density at radius 3 is 2.35 bits per heavy atom. The van der Waals surface area contributed by atoms with Crippen molar-refractivity contribution in [1.82, 2.24) is 5.32 Å². The summed E-state index contributed by atoms with van der Waals surface area (Å²) in [5.41, 5.74) is -0.735. The number of para-hydroxylation sites is 1. The first-order valence-electron chi connectivity index (χ1n) is 6.00. The lowest BCUT2D eigenvalue weighted by atomic mass is 10.3. The summed E-state index contributed by atoms with van der Waals surface area (Å²) in [4.78, 5) is 11.7. The number of hydrogen-bond acceptors (Lipinski definition) is 3. The molecule has 1 aliphatic carbocycles. The number of amides is 1. The van der Waals surface area contributed by atoms with Gasteiger partial charge in [-0.1, -0.05) is 6.07 Å². The van der Waals surface area contributed by atoms with E-state index in [-0.39, 0.29) is 6.04 Å². The molecule has 0 saturated heterocycles. The Bertz CT molecular complexity index is 609. The summed E-state index contributed by atoms with van der Waals surface area (Å²) < 4.78 is 51.2. The first-order valence-corrected chi connectivity index (χ1v) is 7.85. The minimum atomic E-state index is -3.98. The van der Waals surface area contributed by atoms with E-state index in [9.17, 15) is 22.0 Å². The van der Waals surface area contributed by atoms with Crippen molar-refractivity contribution in [1.29, 1.82) is 0 Å². The number of benzene rings is 1. The predicted octanol–water partition coefficient (Wildman–Crippen LogP) is 1.01. The van der Waals surface area contributed by atoms with Crippen LogP contribution in [0.15, 0.2) is 18.2 Å². The van der Waals surface area contributed by atoms with Crippen molar-refractivity contribution >= 4 is 21.6 Å². The third kappa shape index (κ3) is 3.44. The monoisotopic (exact) mass is 304 g/mol. The Balaban J connectivity index is 2.30. The van der Waals surface area contributed by atoms with Gasteiger partial charge in [-0.25, -0.2) is 17.2 Å². The molecule has 0 radical (unpaired) electrons. The second-order valence-electron chi connectivity index (χ2n) is 4.68. The molecule has 8 heteroatoms. The summed E-state index contributed by atoms with van der Waals surface area (Å²) in [5, 5.41) is 2.58. The molecule has 2 rings (SSSR count). The van der Waals surface area contributed by atoms with Crippen LogP contribution in [-0.4, -0.2) is 33.2 Å². The molecule has 20 heavy (non-hydrogen) atoms. The van der Waals surface area contributed by atoms with Crippen molar-refractivity contribution in [3.63, 3.8) is 0 Å². The topological polar surface area (TPSA) is 66.5 Å². The van der Waals surface area contributed by atoms with Crippen LogP contribution in [0.4, 0.5) is 14.5 Å². The van der Waals surface area contributed by atoms with E-state index in [4.69, 9.17) is 0 Å². The molecule has 5 nitrogen and oxygen atoms in total. The smallest absolute Gasteiger partial charge is 0.241 e. The highest BCUT2D eigenvalue weighted by molar-refractivity contribution is 7.92. The molecule has 110 valence electrons. The van der Waals surface area contributed by atoms with Crippen LogP contribution < -0.4 is 9.62 Å². The molecule has 1 aromatic rings. The van der Waals surface area contributed by atoms with Gasteiger partial charge in [-0.2, -0.15) is 0 Å². The molecule has 0 unspecified atom stereocenters. The van der Waals surface area contributed by atoms with E-state index in [1.807, 2.05) is 0 Å². The number of carbonyl (C=O) groups excluding carboxylic acids is 1. The van der Waals surface area contributed by atoms with Crippen molar-refractivity contribution < 1.29 is 22.0 Å². The number of carbonyl (C=O) groups is 1. The van der Waals surface area contributed by atoms with Crippen molar-refractivity contribution in [3.8, 4) is 0 Å². The van der Waals surface area contributed by atoms with Gasteiger partial charge in [0.15, 0.2) is 11.6 Å². The van der Waals surface area contributed by atoms with Crippen LogP contribution >= 0.6 is 0 Å². The van der Waals surface area contributed by atoms with E-state index < -0.39 is 39.8 Å². The zero-order valence-corrected chi connectivity index (χ0v) is 11.6. The van der Waals surface area contributed by atoms with Crippen LogP contribution in [-0.2, 0) is 14.8 Å². The SMILES string of the molecule is CS(=O)(=O)N(CC(=O)NC1CC1)c1c(F)cccc1F. The molecule has 0 atom stereocenters. The van der Waals surface area contributed by atoms with E-state index in [2.05, 4.69) is 5.32 Å². The number of hydrogen-bond donors (Lipinski definition) is 1. The Morgan fingerprint density at radius 1 is 1.35 bits per heavy atom. The zero-order valence-electron chi connectivity index (χ0n) is 10.8. The third-order valence-corrected chi connectivity index (χ3v) is 3.93. The van der Waals surface area contributed by atoms with Gasteiger partial charge in [-0.05, 0) is 25.0 Å². The standard InChI is InChI=1S/C12H14F2N2O3S/c1-20(18,19)16(7-11(17)15-8-5-6-8)12-9(13)3-2-4-10(12)14/h2-4,8H,5-7H2,1H3,(H,15,17). The summed E-state index contributed by atoms with van der Waals surface area (Å²) in [6.07, 6.45) is 2.46. The summed E-state index contributed by atoms with van der Waals surface area (Å²) in [6, 6.07) is 3.04. The molecule has 0 spiro atoms. The summed E-state index contributed by atoms with van der Waals surface area (Å²) in [5.74, 6) is -2.65. The van der Waals surface area contributed by atoms with E-state index in [0.29, 0.717) is 4.31 Å². The van der Waals surface area contributed by atoms with E-state index in [1.165, 1.54) is 0 Å². The van der Waals surface area contributed by atoms with Crippen LogP contribution in [0.2, 0.25) is 0 Å². The molecule has 0 aromatic heterocycles. The van der Waals surface area contributed by atoms with Crippen molar-refractivity contribution in [2.45, 2.75) is 18.9 Å². The molecular weight excluding hydrogens is 290 g/mol. The van der Waals surface area contributed by atoms with Gasteiger partial charge in [0.1, 0.15) is 12.2 Å². The molecule has 0 bridgehead atoms. The molecular formula is C12H14F2N2O3S. The fourth-order valence-electron chi connectivity index (χ4n) is 1.72. The summed E-state index contributed by atoms with van der Waals surface area (Å²) >= 11 is 0. The largest absolute Gasteiger partial charge is 0.352 e. The quantitative estimate of drug-likeness (QED) is 0.883. The van der Waals surface area contributed by atoms with Crippen LogP contribution in [0.3, 0.4) is 0 Å². The van der Waals surface area contributed by atoms with Crippen molar-refractivity contribution in [2.24, 2.45) is 0 Å². The number of anilines is 1. The second kappa shape index (κ2) is 5.35. The van der Waals surface area contributed by atoms with Gasteiger partial charge in [-0.15, -0.1) is 0 Å². The van der Waals surface area contributed by atoms with Crippen LogP contribution in [0.25, 0.3) is 0 Å².